The second-order valence-electron chi connectivity index (χ2n) is 3.51. The van der Waals surface area contributed by atoms with E-state index in [2.05, 4.69) is 0 Å². The van der Waals surface area contributed by atoms with Gasteiger partial charge in [-0.1, -0.05) is 6.07 Å². The Morgan fingerprint density at radius 2 is 1.56 bits per heavy atom. The van der Waals surface area contributed by atoms with Crippen molar-refractivity contribution >= 4 is 11.9 Å². The number of ether oxygens (including phenoxy) is 2. The summed E-state index contributed by atoms with van der Waals surface area (Å²) in [6, 6.07) is 3.42. The van der Waals surface area contributed by atoms with Crippen molar-refractivity contribution < 1.29 is 19.1 Å². The van der Waals surface area contributed by atoms with Crippen LogP contribution in [0.25, 0.3) is 0 Å². The van der Waals surface area contributed by atoms with Crippen LogP contribution < -0.4 is 9.47 Å². The molecule has 1 heterocycles. The first-order valence-electron chi connectivity index (χ1n) is 4.80. The molecular formula is C12H10O4. The number of hydrogen-bond acceptors (Lipinski definition) is 4. The van der Waals surface area contributed by atoms with Gasteiger partial charge in [-0.25, -0.2) is 9.59 Å². The maximum absolute atomic E-state index is 11.3. The van der Waals surface area contributed by atoms with Gasteiger partial charge in [-0.3, -0.25) is 0 Å². The molecule has 0 bridgehead atoms. The number of carbonyl (C=O) groups is 2. The monoisotopic (exact) mass is 218 g/mol. The summed E-state index contributed by atoms with van der Waals surface area (Å²) in [5.41, 5.74) is 1.75. The fourth-order valence-corrected chi connectivity index (χ4v) is 1.39. The van der Waals surface area contributed by atoms with Crippen LogP contribution >= 0.6 is 0 Å². The molecular weight excluding hydrogens is 208 g/mol. The zero-order chi connectivity index (χ0) is 11.7. The first-order chi connectivity index (χ1) is 7.58. The molecule has 1 aliphatic heterocycles. The van der Waals surface area contributed by atoms with Crippen LogP contribution in [0.4, 0.5) is 0 Å². The summed E-state index contributed by atoms with van der Waals surface area (Å²) in [6.07, 6.45) is 2.09. The number of benzene rings is 1. The Morgan fingerprint density at radius 3 is 2.25 bits per heavy atom. The molecule has 82 valence electrons. The van der Waals surface area contributed by atoms with Crippen molar-refractivity contribution in [3.05, 3.63) is 35.4 Å². The Labute approximate surface area is 92.5 Å². The first-order valence-corrected chi connectivity index (χ1v) is 4.80. The van der Waals surface area contributed by atoms with E-state index in [9.17, 15) is 9.59 Å². The molecule has 0 N–H and O–H groups in total. The van der Waals surface area contributed by atoms with Gasteiger partial charge in [0.15, 0.2) is 11.5 Å². The van der Waals surface area contributed by atoms with E-state index in [0.29, 0.717) is 5.75 Å². The smallest absolute Gasteiger partial charge is 0.336 e. The third kappa shape index (κ3) is 1.82. The molecule has 0 aromatic heterocycles. The fourth-order valence-electron chi connectivity index (χ4n) is 1.39. The molecule has 2 rings (SSSR count). The lowest BCUT2D eigenvalue weighted by molar-refractivity contribution is -0.133. The topological polar surface area (TPSA) is 52.6 Å². The van der Waals surface area contributed by atoms with E-state index in [1.807, 2.05) is 6.92 Å². The van der Waals surface area contributed by atoms with E-state index in [4.69, 9.17) is 9.47 Å². The maximum atomic E-state index is 11.3. The number of esters is 2. The van der Waals surface area contributed by atoms with Gasteiger partial charge in [0, 0.05) is 12.2 Å². The third-order valence-electron chi connectivity index (χ3n) is 2.41. The molecule has 0 saturated carbocycles. The first kappa shape index (κ1) is 10.4. The predicted molar refractivity (Wildman–Crippen MR) is 56.3 cm³/mol. The van der Waals surface area contributed by atoms with Crippen LogP contribution in [0.15, 0.2) is 24.3 Å². The van der Waals surface area contributed by atoms with E-state index in [1.54, 1.807) is 19.1 Å². The molecule has 0 atom stereocenters. The number of fused-ring (bicyclic) bond motifs is 1. The quantitative estimate of drug-likeness (QED) is 0.491. The Morgan fingerprint density at radius 1 is 0.938 bits per heavy atom. The Kier molecular flexibility index (Phi) is 2.48. The highest BCUT2D eigenvalue weighted by Gasteiger charge is 2.18. The van der Waals surface area contributed by atoms with Gasteiger partial charge < -0.3 is 9.47 Å². The van der Waals surface area contributed by atoms with E-state index in [0.717, 1.165) is 23.3 Å². The number of rotatable bonds is 0. The van der Waals surface area contributed by atoms with E-state index >= 15 is 0 Å². The van der Waals surface area contributed by atoms with Crippen LogP contribution in [-0.4, -0.2) is 11.9 Å². The summed E-state index contributed by atoms with van der Waals surface area (Å²) in [6.45, 7) is 3.69. The molecule has 4 nitrogen and oxygen atoms in total. The van der Waals surface area contributed by atoms with Gasteiger partial charge in [-0.05, 0) is 31.0 Å². The SMILES string of the molecule is Cc1ccc2c(c1C)OC(=O)/C=C\C(=O)O2. The Bertz CT molecular complexity index is 500. The van der Waals surface area contributed by atoms with Crippen LogP contribution in [0.3, 0.4) is 0 Å². The number of aryl methyl sites for hydroxylation is 1. The zero-order valence-corrected chi connectivity index (χ0v) is 8.94. The predicted octanol–water partition coefficient (Wildman–Crippen LogP) is 1.68. The molecule has 0 radical (unpaired) electrons. The largest absolute Gasteiger partial charge is 0.419 e. The Balaban J connectivity index is 2.56. The maximum Gasteiger partial charge on any atom is 0.336 e. The van der Waals surface area contributed by atoms with Crippen LogP contribution in [0.5, 0.6) is 11.5 Å². The molecule has 1 aromatic rings. The van der Waals surface area contributed by atoms with Gasteiger partial charge in [-0.2, -0.15) is 0 Å². The average Bonchev–Trinajstić information content (AvgIpc) is 2.24. The molecule has 0 amide bonds. The second kappa shape index (κ2) is 3.81. The summed E-state index contributed by atoms with van der Waals surface area (Å²) < 4.78 is 10.1. The molecule has 0 saturated heterocycles. The van der Waals surface area contributed by atoms with Gasteiger partial charge in [-0.15, -0.1) is 0 Å². The minimum Gasteiger partial charge on any atom is -0.419 e. The summed E-state index contributed by atoms with van der Waals surface area (Å²) in [5.74, 6) is -0.582. The minimum absolute atomic E-state index is 0.269. The van der Waals surface area contributed by atoms with E-state index < -0.39 is 11.9 Å². The molecule has 0 unspecified atom stereocenters. The summed E-state index contributed by atoms with van der Waals surface area (Å²) in [7, 11) is 0. The van der Waals surface area contributed by atoms with Gasteiger partial charge >= 0.3 is 11.9 Å². The normalized spacial score (nSPS) is 16.6. The van der Waals surface area contributed by atoms with Crippen LogP contribution in [0, 0.1) is 13.8 Å². The lowest BCUT2D eigenvalue weighted by Gasteiger charge is -2.14. The second-order valence-corrected chi connectivity index (χ2v) is 3.51. The highest BCUT2D eigenvalue weighted by Crippen LogP contribution is 2.34. The third-order valence-corrected chi connectivity index (χ3v) is 2.41. The van der Waals surface area contributed by atoms with Gasteiger partial charge in [0.25, 0.3) is 0 Å². The molecule has 4 heteroatoms. The minimum atomic E-state index is -0.582. The van der Waals surface area contributed by atoms with Crippen molar-refractivity contribution in [3.63, 3.8) is 0 Å². The molecule has 0 spiro atoms. The van der Waals surface area contributed by atoms with Crippen molar-refractivity contribution in [1.82, 2.24) is 0 Å². The zero-order valence-electron chi connectivity index (χ0n) is 8.94. The van der Waals surface area contributed by atoms with Crippen molar-refractivity contribution in [1.29, 1.82) is 0 Å². The van der Waals surface area contributed by atoms with Gasteiger partial charge in [0.2, 0.25) is 0 Å². The highest BCUT2D eigenvalue weighted by molar-refractivity contribution is 5.95. The summed E-state index contributed by atoms with van der Waals surface area (Å²) in [4.78, 5) is 22.5. The van der Waals surface area contributed by atoms with Crippen molar-refractivity contribution in [2.24, 2.45) is 0 Å². The fraction of sp³-hybridized carbons (Fsp3) is 0.167. The molecule has 0 fully saturated rings. The molecule has 1 aromatic carbocycles. The van der Waals surface area contributed by atoms with E-state index in [-0.39, 0.29) is 5.75 Å². The van der Waals surface area contributed by atoms with Crippen LogP contribution in [0.1, 0.15) is 11.1 Å². The molecule has 16 heavy (non-hydrogen) atoms. The van der Waals surface area contributed by atoms with Crippen molar-refractivity contribution in [2.75, 3.05) is 0 Å². The number of hydrogen-bond donors (Lipinski definition) is 0. The summed E-state index contributed by atoms with van der Waals surface area (Å²) >= 11 is 0. The average molecular weight is 218 g/mol. The Hall–Kier alpha value is -2.10. The lowest BCUT2D eigenvalue weighted by Crippen LogP contribution is -2.14. The highest BCUT2D eigenvalue weighted by atomic mass is 16.6. The molecule has 1 aliphatic rings. The van der Waals surface area contributed by atoms with Crippen LogP contribution in [-0.2, 0) is 9.59 Å². The van der Waals surface area contributed by atoms with Gasteiger partial charge in [0.1, 0.15) is 0 Å². The van der Waals surface area contributed by atoms with Crippen molar-refractivity contribution in [3.8, 4) is 11.5 Å². The number of carbonyl (C=O) groups excluding carboxylic acids is 2. The van der Waals surface area contributed by atoms with Crippen LogP contribution in [0.2, 0.25) is 0 Å². The van der Waals surface area contributed by atoms with E-state index in [1.165, 1.54) is 0 Å². The summed E-state index contributed by atoms with van der Waals surface area (Å²) in [5, 5.41) is 0. The molecule has 0 aliphatic carbocycles. The van der Waals surface area contributed by atoms with Crippen molar-refractivity contribution in [2.45, 2.75) is 13.8 Å². The lowest BCUT2D eigenvalue weighted by atomic mass is 10.1. The standard InChI is InChI=1S/C12H10O4/c1-7-3-4-9-12(8(7)2)16-11(14)6-5-10(13)15-9/h3-6H,1-2H3/b6-5-. The van der Waals surface area contributed by atoms with Gasteiger partial charge in [0.05, 0.1) is 0 Å².